The highest BCUT2D eigenvalue weighted by Gasteiger charge is 2.25. The first-order chi connectivity index (χ1) is 6.74. The van der Waals surface area contributed by atoms with Gasteiger partial charge in [0.1, 0.15) is 0 Å². The minimum atomic E-state index is 0.272. The van der Waals surface area contributed by atoms with Gasteiger partial charge >= 0.3 is 0 Å². The topological polar surface area (TPSA) is 0 Å². The van der Waals surface area contributed by atoms with Gasteiger partial charge in [0.05, 0.1) is 0 Å². The van der Waals surface area contributed by atoms with Crippen LogP contribution in [0, 0.1) is 5.92 Å². The Morgan fingerprint density at radius 3 is 2.86 bits per heavy atom. The molecule has 0 spiro atoms. The first kappa shape index (κ1) is 13.8. The summed E-state index contributed by atoms with van der Waals surface area (Å²) in [5.41, 5.74) is 0. The molecule has 0 aliphatic carbocycles. The second kappa shape index (κ2) is 7.93. The Hall–Kier alpha value is 1.75. The molecule has 5 heteroatoms. The average molecular weight is 287 g/mol. The second-order valence-electron chi connectivity index (χ2n) is 3.49. The Morgan fingerprint density at radius 1 is 1.43 bits per heavy atom. The summed E-state index contributed by atoms with van der Waals surface area (Å²) >= 11 is 17.2. The summed E-state index contributed by atoms with van der Waals surface area (Å²) in [5.74, 6) is 5.44. The van der Waals surface area contributed by atoms with Crippen molar-refractivity contribution in [1.29, 1.82) is 0 Å². The van der Waals surface area contributed by atoms with E-state index in [1.54, 1.807) is 0 Å². The third-order valence-electron chi connectivity index (χ3n) is 2.37. The van der Waals surface area contributed by atoms with Crippen molar-refractivity contribution >= 4 is 61.4 Å². The number of hydrogen-bond donors (Lipinski definition) is 3. The van der Waals surface area contributed by atoms with E-state index in [9.17, 15) is 0 Å². The van der Waals surface area contributed by atoms with Crippen LogP contribution < -0.4 is 0 Å². The normalized spacial score (nSPS) is 28.3. The zero-order valence-corrected chi connectivity index (χ0v) is 12.4. The number of thioether (sulfide) groups is 2. The fourth-order valence-corrected chi connectivity index (χ4v) is 5.03. The Labute approximate surface area is 112 Å². The van der Waals surface area contributed by atoms with Crippen LogP contribution in [0.4, 0.5) is 0 Å². The largest absolute Gasteiger partial charge is 0.179 e. The van der Waals surface area contributed by atoms with Crippen LogP contribution in [-0.2, 0) is 0 Å². The molecular formula is C9H18S5. The van der Waals surface area contributed by atoms with Crippen LogP contribution in [-0.4, -0.2) is 32.8 Å². The molecule has 1 heterocycles. The zero-order chi connectivity index (χ0) is 10.4. The van der Waals surface area contributed by atoms with Crippen molar-refractivity contribution < 1.29 is 0 Å². The standard InChI is InChI=1S/C9H18S5/c10-2-4-13-6-8-5-7(9(11)12)1-3-14-8/h7-12H,1-6H2. The number of rotatable bonds is 5. The van der Waals surface area contributed by atoms with E-state index in [4.69, 9.17) is 0 Å². The molecule has 14 heavy (non-hydrogen) atoms. The lowest BCUT2D eigenvalue weighted by Crippen LogP contribution is -2.24. The van der Waals surface area contributed by atoms with Gasteiger partial charge in [0.2, 0.25) is 0 Å². The third kappa shape index (κ3) is 5.19. The van der Waals surface area contributed by atoms with E-state index in [0.717, 1.165) is 11.0 Å². The predicted octanol–water partition coefficient (Wildman–Crippen LogP) is 3.35. The highest BCUT2D eigenvalue weighted by Crippen LogP contribution is 2.35. The van der Waals surface area contributed by atoms with Gasteiger partial charge in [0.25, 0.3) is 0 Å². The lowest BCUT2D eigenvalue weighted by Gasteiger charge is -2.30. The molecule has 2 unspecified atom stereocenters. The molecule has 0 nitrogen and oxygen atoms in total. The van der Waals surface area contributed by atoms with Gasteiger partial charge in [-0.15, -0.1) is 0 Å². The molecular weight excluding hydrogens is 268 g/mol. The fraction of sp³-hybridized carbons (Fsp3) is 1.00. The minimum absolute atomic E-state index is 0.272. The maximum Gasteiger partial charge on any atom is 0.0471 e. The molecule has 0 aromatic carbocycles. The van der Waals surface area contributed by atoms with Crippen LogP contribution >= 0.6 is 61.4 Å². The third-order valence-corrected chi connectivity index (χ3v) is 6.38. The zero-order valence-electron chi connectivity index (χ0n) is 8.13. The van der Waals surface area contributed by atoms with Crippen molar-refractivity contribution in [3.05, 3.63) is 0 Å². The second-order valence-corrected chi connectivity index (χ2v) is 8.01. The Balaban J connectivity index is 2.19. The SMILES string of the molecule is SCCSCC1CC(C(S)S)CCS1. The van der Waals surface area contributed by atoms with Crippen LogP contribution in [0.5, 0.6) is 0 Å². The quantitative estimate of drug-likeness (QED) is 0.403. The molecule has 0 radical (unpaired) electrons. The van der Waals surface area contributed by atoms with Crippen LogP contribution in [0.1, 0.15) is 12.8 Å². The van der Waals surface area contributed by atoms with E-state index in [-0.39, 0.29) is 4.58 Å². The number of hydrogen-bond acceptors (Lipinski definition) is 5. The van der Waals surface area contributed by atoms with Crippen molar-refractivity contribution in [2.24, 2.45) is 5.92 Å². The van der Waals surface area contributed by atoms with E-state index in [0.29, 0.717) is 5.92 Å². The van der Waals surface area contributed by atoms with Crippen molar-refractivity contribution in [3.63, 3.8) is 0 Å². The lowest BCUT2D eigenvalue weighted by molar-refractivity contribution is 0.501. The van der Waals surface area contributed by atoms with Gasteiger partial charge in [0.15, 0.2) is 0 Å². The van der Waals surface area contributed by atoms with Crippen molar-refractivity contribution in [2.45, 2.75) is 22.7 Å². The van der Waals surface area contributed by atoms with Gasteiger partial charge in [0, 0.05) is 21.3 Å². The molecule has 0 amide bonds. The number of thiol groups is 3. The van der Waals surface area contributed by atoms with Crippen LogP contribution in [0.15, 0.2) is 0 Å². The fourth-order valence-electron chi connectivity index (χ4n) is 1.58. The summed E-state index contributed by atoms with van der Waals surface area (Å²) in [6.45, 7) is 0. The molecule has 0 aromatic heterocycles. The van der Waals surface area contributed by atoms with Gasteiger partial charge < -0.3 is 0 Å². The predicted molar refractivity (Wildman–Crippen MR) is 81.9 cm³/mol. The van der Waals surface area contributed by atoms with Crippen LogP contribution in [0.3, 0.4) is 0 Å². The van der Waals surface area contributed by atoms with Gasteiger partial charge in [-0.05, 0) is 30.3 Å². The van der Waals surface area contributed by atoms with Crippen molar-refractivity contribution in [3.8, 4) is 0 Å². The van der Waals surface area contributed by atoms with E-state index < -0.39 is 0 Å². The lowest BCUT2D eigenvalue weighted by atomic mass is 10.0. The molecule has 0 N–H and O–H groups in total. The van der Waals surface area contributed by atoms with E-state index in [1.165, 1.54) is 30.1 Å². The molecule has 1 aliphatic rings. The Kier molecular flexibility index (Phi) is 7.83. The van der Waals surface area contributed by atoms with Gasteiger partial charge in [-0.3, -0.25) is 0 Å². The summed E-state index contributed by atoms with van der Waals surface area (Å²) in [4.78, 5) is 0. The summed E-state index contributed by atoms with van der Waals surface area (Å²) < 4.78 is 0.272. The van der Waals surface area contributed by atoms with E-state index in [2.05, 4.69) is 49.6 Å². The van der Waals surface area contributed by atoms with Crippen molar-refractivity contribution in [1.82, 2.24) is 0 Å². The molecule has 1 rings (SSSR count). The van der Waals surface area contributed by atoms with E-state index in [1.807, 2.05) is 11.8 Å². The molecule has 0 bridgehead atoms. The highest BCUT2D eigenvalue weighted by atomic mass is 32.2. The molecule has 1 fully saturated rings. The first-order valence-electron chi connectivity index (χ1n) is 4.90. The van der Waals surface area contributed by atoms with Crippen LogP contribution in [0.25, 0.3) is 0 Å². The van der Waals surface area contributed by atoms with Gasteiger partial charge in [-0.2, -0.15) is 61.4 Å². The highest BCUT2D eigenvalue weighted by molar-refractivity contribution is 8.03. The average Bonchev–Trinajstić information content (AvgIpc) is 2.19. The molecule has 1 aliphatic heterocycles. The molecule has 1 saturated heterocycles. The van der Waals surface area contributed by atoms with Gasteiger partial charge in [-0.25, -0.2) is 0 Å². The summed E-state index contributed by atoms with van der Waals surface area (Å²) in [7, 11) is 0. The maximum atomic E-state index is 4.43. The molecule has 2 atom stereocenters. The summed E-state index contributed by atoms with van der Waals surface area (Å²) in [6.07, 6.45) is 2.58. The Bertz CT molecular complexity index is 150. The summed E-state index contributed by atoms with van der Waals surface area (Å²) in [6, 6.07) is 0. The maximum absolute atomic E-state index is 4.43. The van der Waals surface area contributed by atoms with Gasteiger partial charge in [-0.1, -0.05) is 0 Å². The van der Waals surface area contributed by atoms with E-state index >= 15 is 0 Å². The molecule has 84 valence electrons. The smallest absolute Gasteiger partial charge is 0.0471 e. The molecule has 0 saturated carbocycles. The summed E-state index contributed by atoms with van der Waals surface area (Å²) in [5, 5.41) is 0.820. The first-order valence-corrected chi connectivity index (χ1v) is 8.77. The van der Waals surface area contributed by atoms with Crippen LogP contribution in [0.2, 0.25) is 0 Å². The molecule has 0 aromatic rings. The Morgan fingerprint density at radius 2 is 2.21 bits per heavy atom. The minimum Gasteiger partial charge on any atom is -0.179 e. The van der Waals surface area contributed by atoms with Crippen molar-refractivity contribution in [2.75, 3.05) is 23.0 Å². The monoisotopic (exact) mass is 286 g/mol.